The summed E-state index contributed by atoms with van der Waals surface area (Å²) in [4.78, 5) is 15.6. The number of phenols is 1. The van der Waals surface area contributed by atoms with Gasteiger partial charge in [0.05, 0.1) is 18.3 Å². The monoisotopic (exact) mass is 413 g/mol. The highest BCUT2D eigenvalue weighted by atomic mass is 16.5. The van der Waals surface area contributed by atoms with Crippen LogP contribution in [0.5, 0.6) is 11.5 Å². The molecule has 0 radical (unpaired) electrons. The highest BCUT2D eigenvalue weighted by molar-refractivity contribution is 5.96. The van der Waals surface area contributed by atoms with E-state index >= 15 is 0 Å². The minimum absolute atomic E-state index is 0.00546. The number of phenolic OH excluding ortho intramolecular Hbond substituents is 1. The molecule has 5 heterocycles. The van der Waals surface area contributed by atoms with Gasteiger partial charge in [-0.2, -0.15) is 0 Å². The maximum absolute atomic E-state index is 13.5. The average Bonchev–Trinajstić information content (AvgIpc) is 2.65. The number of benzene rings is 1. The van der Waals surface area contributed by atoms with E-state index < -0.39 is 5.60 Å². The summed E-state index contributed by atoms with van der Waals surface area (Å²) < 4.78 is 12.4. The summed E-state index contributed by atoms with van der Waals surface area (Å²) in [5.41, 5.74) is 0.875. The van der Waals surface area contributed by atoms with Crippen LogP contribution in [0.4, 0.5) is 0 Å². The molecule has 3 atom stereocenters. The standard InChI is InChI=1S/C24H31NO5/c1-24(2)19-4-3-15(26)11-18(19)22-20(27)5-12(6-21(22)30-24)23(28)25-13-7-16-9-14(25)10-17(8-13)29-16/h5-6,13-19,26-27H,3-4,7-11H2,1-2H3/t13?,14?,15-,16?,17?,18+,19+/m0/s1. The van der Waals surface area contributed by atoms with Crippen molar-refractivity contribution >= 4 is 5.91 Å². The highest BCUT2D eigenvalue weighted by Gasteiger charge is 2.51. The number of piperidine rings is 2. The Hall–Kier alpha value is -1.79. The average molecular weight is 414 g/mol. The van der Waals surface area contributed by atoms with Crippen molar-refractivity contribution in [2.45, 2.75) is 101 Å². The number of aliphatic hydroxyl groups is 1. The lowest BCUT2D eigenvalue weighted by Gasteiger charge is -2.56. The number of amides is 1. The number of carbonyl (C=O) groups is 1. The predicted molar refractivity (Wildman–Crippen MR) is 110 cm³/mol. The molecule has 2 N–H and O–H groups in total. The van der Waals surface area contributed by atoms with Gasteiger partial charge in [0.1, 0.15) is 17.1 Å². The molecule has 1 saturated carbocycles. The topological polar surface area (TPSA) is 79.2 Å². The molecule has 30 heavy (non-hydrogen) atoms. The van der Waals surface area contributed by atoms with Crippen molar-refractivity contribution in [2.75, 3.05) is 0 Å². The van der Waals surface area contributed by atoms with Crippen molar-refractivity contribution in [3.63, 3.8) is 0 Å². The van der Waals surface area contributed by atoms with E-state index in [2.05, 4.69) is 18.7 Å². The minimum atomic E-state index is -0.397. The third kappa shape index (κ3) is 2.72. The second kappa shape index (κ2) is 6.36. The molecule has 1 amide bonds. The predicted octanol–water partition coefficient (Wildman–Crippen LogP) is 3.34. The van der Waals surface area contributed by atoms with Gasteiger partial charge < -0.3 is 24.6 Å². The van der Waals surface area contributed by atoms with E-state index in [4.69, 9.17) is 9.47 Å². The van der Waals surface area contributed by atoms with E-state index in [1.807, 2.05) is 6.07 Å². The van der Waals surface area contributed by atoms with Gasteiger partial charge in [-0.05, 0) is 70.9 Å². The van der Waals surface area contributed by atoms with Crippen molar-refractivity contribution in [3.8, 4) is 11.5 Å². The van der Waals surface area contributed by atoms with Gasteiger partial charge in [-0.15, -0.1) is 0 Å². The van der Waals surface area contributed by atoms with Crippen molar-refractivity contribution < 1.29 is 24.5 Å². The Balaban J connectivity index is 1.36. The molecule has 4 saturated heterocycles. The Morgan fingerprint density at radius 1 is 1.07 bits per heavy atom. The molecule has 0 spiro atoms. The maximum atomic E-state index is 13.5. The van der Waals surface area contributed by atoms with E-state index in [1.165, 1.54) is 0 Å². The summed E-state index contributed by atoms with van der Waals surface area (Å²) in [6.45, 7) is 4.16. The van der Waals surface area contributed by atoms with Gasteiger partial charge in [-0.25, -0.2) is 0 Å². The van der Waals surface area contributed by atoms with Crippen molar-refractivity contribution in [1.82, 2.24) is 4.90 Å². The second-order valence-electron chi connectivity index (χ2n) is 10.6. The number of nitrogens with zero attached hydrogens (tertiary/aromatic N) is 1. The van der Waals surface area contributed by atoms with Crippen LogP contribution in [0.25, 0.3) is 0 Å². The van der Waals surface area contributed by atoms with Crippen LogP contribution in [0.2, 0.25) is 0 Å². The van der Waals surface area contributed by atoms with Crippen LogP contribution in [0.3, 0.4) is 0 Å². The first kappa shape index (κ1) is 18.9. The minimum Gasteiger partial charge on any atom is -0.507 e. The number of fused-ring (bicyclic) bond motifs is 3. The number of aliphatic hydroxyl groups excluding tert-OH is 1. The van der Waals surface area contributed by atoms with E-state index in [-0.39, 0.29) is 41.7 Å². The summed E-state index contributed by atoms with van der Waals surface area (Å²) in [7, 11) is 0. The summed E-state index contributed by atoms with van der Waals surface area (Å²) in [6, 6.07) is 3.93. The zero-order chi connectivity index (χ0) is 20.8. The van der Waals surface area contributed by atoms with Crippen LogP contribution < -0.4 is 4.74 Å². The van der Waals surface area contributed by atoms with Crippen LogP contribution in [-0.4, -0.2) is 57.0 Å². The zero-order valence-corrected chi connectivity index (χ0v) is 17.7. The summed E-state index contributed by atoms with van der Waals surface area (Å²) in [5, 5.41) is 21.3. The molecular weight excluding hydrogens is 382 g/mol. The SMILES string of the molecule is CC1(C)Oc2cc(C(=O)N3C4CC5CC3CC(C4)O5)cc(O)c2[C@@H]2C[C@@H](O)CC[C@H]21. The largest absolute Gasteiger partial charge is 0.507 e. The zero-order valence-electron chi connectivity index (χ0n) is 17.7. The van der Waals surface area contributed by atoms with Gasteiger partial charge in [-0.1, -0.05) is 0 Å². The van der Waals surface area contributed by atoms with Crippen molar-refractivity contribution in [1.29, 1.82) is 0 Å². The highest BCUT2D eigenvalue weighted by Crippen LogP contribution is 2.54. The summed E-state index contributed by atoms with van der Waals surface area (Å²) in [6.07, 6.45) is 6.19. The van der Waals surface area contributed by atoms with Crippen molar-refractivity contribution in [2.24, 2.45) is 5.92 Å². The van der Waals surface area contributed by atoms with Gasteiger partial charge >= 0.3 is 0 Å². The van der Waals surface area contributed by atoms with Gasteiger partial charge in [0.2, 0.25) is 0 Å². The molecule has 6 aliphatic rings. The van der Waals surface area contributed by atoms with Crippen LogP contribution >= 0.6 is 0 Å². The first-order valence-electron chi connectivity index (χ1n) is 11.5. The fourth-order valence-corrected chi connectivity index (χ4v) is 7.18. The Bertz CT molecular complexity index is 868. The Morgan fingerprint density at radius 2 is 1.73 bits per heavy atom. The third-order valence-corrected chi connectivity index (χ3v) is 8.37. The van der Waals surface area contributed by atoms with Crippen LogP contribution in [0, 0.1) is 5.92 Å². The smallest absolute Gasteiger partial charge is 0.254 e. The number of rotatable bonds is 1. The Kier molecular flexibility index (Phi) is 4.02. The van der Waals surface area contributed by atoms with E-state index in [0.717, 1.165) is 44.1 Å². The van der Waals surface area contributed by atoms with E-state index in [9.17, 15) is 15.0 Å². The van der Waals surface area contributed by atoms with Crippen LogP contribution in [-0.2, 0) is 4.74 Å². The van der Waals surface area contributed by atoms with Crippen LogP contribution in [0.15, 0.2) is 12.1 Å². The molecule has 5 aliphatic heterocycles. The second-order valence-corrected chi connectivity index (χ2v) is 10.6. The van der Waals surface area contributed by atoms with Crippen LogP contribution in [0.1, 0.15) is 80.6 Å². The Labute approximate surface area is 177 Å². The van der Waals surface area contributed by atoms with E-state index in [1.54, 1.807) is 6.07 Å². The number of hydrogen-bond acceptors (Lipinski definition) is 5. The van der Waals surface area contributed by atoms with Gasteiger partial charge in [0.15, 0.2) is 0 Å². The van der Waals surface area contributed by atoms with E-state index in [0.29, 0.717) is 29.9 Å². The van der Waals surface area contributed by atoms with Gasteiger partial charge in [-0.3, -0.25) is 4.79 Å². The molecule has 162 valence electrons. The third-order valence-electron chi connectivity index (χ3n) is 8.37. The molecule has 6 nitrogen and oxygen atoms in total. The Morgan fingerprint density at radius 3 is 2.40 bits per heavy atom. The fraction of sp³-hybridized carbons (Fsp3) is 0.708. The summed E-state index contributed by atoms with van der Waals surface area (Å²) in [5.74, 6) is 1.02. The number of ether oxygens (including phenoxy) is 2. The first-order chi connectivity index (χ1) is 14.3. The first-order valence-corrected chi connectivity index (χ1v) is 11.5. The molecule has 1 aromatic carbocycles. The maximum Gasteiger partial charge on any atom is 0.254 e. The summed E-state index contributed by atoms with van der Waals surface area (Å²) >= 11 is 0. The molecule has 1 aromatic rings. The van der Waals surface area contributed by atoms with Gasteiger partial charge in [0.25, 0.3) is 5.91 Å². The lowest BCUT2D eigenvalue weighted by Crippen LogP contribution is -2.63. The fourth-order valence-electron chi connectivity index (χ4n) is 7.18. The molecule has 6 heteroatoms. The molecule has 0 unspecified atom stereocenters. The lowest BCUT2D eigenvalue weighted by molar-refractivity contribution is -0.169. The number of aromatic hydroxyl groups is 1. The normalized spacial score (nSPS) is 40.5. The molecule has 0 aromatic heterocycles. The molecule has 4 bridgehead atoms. The quantitative estimate of drug-likeness (QED) is 0.738. The van der Waals surface area contributed by atoms with Crippen molar-refractivity contribution in [3.05, 3.63) is 23.3 Å². The molecule has 1 aliphatic carbocycles. The molecule has 5 fully saturated rings. The number of carbonyl (C=O) groups excluding carboxylic acids is 1. The number of hydrogen-bond donors (Lipinski definition) is 2. The molecule has 7 rings (SSSR count). The lowest BCUT2D eigenvalue weighted by atomic mass is 9.66. The van der Waals surface area contributed by atoms with Gasteiger partial charge in [0, 0.05) is 35.0 Å². The molecular formula is C24H31NO5.